The molecule has 0 amide bonds. The first-order valence-electron chi connectivity index (χ1n) is 6.12. The van der Waals surface area contributed by atoms with Crippen LogP contribution in [0.1, 0.15) is 5.69 Å². The van der Waals surface area contributed by atoms with Crippen LogP contribution in [0, 0.1) is 0 Å². The van der Waals surface area contributed by atoms with Crippen LogP contribution < -0.4 is 5.01 Å². The molecule has 3 heterocycles. The molecular weight excluding hydrogens is 290 g/mol. The van der Waals surface area contributed by atoms with E-state index in [4.69, 9.17) is 4.63 Å². The fourth-order valence-corrected chi connectivity index (χ4v) is 2.58. The second-order valence-corrected chi connectivity index (χ2v) is 5.04. The van der Waals surface area contributed by atoms with Gasteiger partial charge in [0.2, 0.25) is 0 Å². The van der Waals surface area contributed by atoms with Gasteiger partial charge in [0.1, 0.15) is 23.7 Å². The number of hydrogen-bond acceptors (Lipinski definition) is 8. The van der Waals surface area contributed by atoms with E-state index in [-0.39, 0.29) is 0 Å². The molecule has 21 heavy (non-hydrogen) atoms. The summed E-state index contributed by atoms with van der Waals surface area (Å²) in [6.45, 7) is 0.596. The molecule has 0 aliphatic rings. The lowest BCUT2D eigenvalue weighted by Crippen LogP contribution is -2.27. The fraction of sp³-hybridized carbons (Fsp3) is 0.0833. The monoisotopic (exact) mass is 299 g/mol. The van der Waals surface area contributed by atoms with E-state index < -0.39 is 0 Å². The van der Waals surface area contributed by atoms with Crippen molar-refractivity contribution in [1.29, 1.82) is 0 Å². The predicted molar refractivity (Wildman–Crippen MR) is 75.5 cm³/mol. The largest absolute Gasteiger partial charge is 0.273 e. The van der Waals surface area contributed by atoms with Gasteiger partial charge in [-0.15, -0.1) is 21.5 Å². The summed E-state index contributed by atoms with van der Waals surface area (Å²) in [5, 5.41) is 19.4. The molecule has 0 aliphatic carbocycles. The molecule has 0 spiro atoms. The number of thiazole rings is 1. The average molecular weight is 299 g/mol. The molecule has 0 saturated carbocycles. The van der Waals surface area contributed by atoms with E-state index in [1.54, 1.807) is 28.7 Å². The Morgan fingerprint density at radius 1 is 1.14 bits per heavy atom. The van der Waals surface area contributed by atoms with Gasteiger partial charge in [0, 0.05) is 5.38 Å². The number of fused-ring (bicyclic) bond motifs is 1. The van der Waals surface area contributed by atoms with Crippen LogP contribution in [0.3, 0.4) is 0 Å². The zero-order valence-corrected chi connectivity index (χ0v) is 11.5. The van der Waals surface area contributed by atoms with Gasteiger partial charge >= 0.3 is 0 Å². The van der Waals surface area contributed by atoms with Crippen molar-refractivity contribution in [2.24, 2.45) is 0 Å². The Balaban J connectivity index is 1.77. The Hall–Kier alpha value is -2.81. The van der Waals surface area contributed by atoms with Crippen molar-refractivity contribution < 1.29 is 4.63 Å². The van der Waals surface area contributed by atoms with E-state index in [9.17, 15) is 0 Å². The van der Waals surface area contributed by atoms with Crippen molar-refractivity contribution in [3.8, 4) is 0 Å². The van der Waals surface area contributed by atoms with Crippen LogP contribution >= 0.6 is 11.3 Å². The molecule has 3 aromatic heterocycles. The van der Waals surface area contributed by atoms with E-state index in [0.29, 0.717) is 12.1 Å². The lowest BCUT2D eigenvalue weighted by molar-refractivity contribution is 0.315. The summed E-state index contributed by atoms with van der Waals surface area (Å²) in [5.74, 6) is 0. The number of benzene rings is 1. The van der Waals surface area contributed by atoms with E-state index >= 15 is 0 Å². The standard InChI is InChI=1S/C12H9N7OS/c1-2-11-12(17-20-16-11)3-10(1)19(18-6-14-15-7-18)4-9-5-21-8-13-9/h1-3,5-8H,4H2. The highest BCUT2D eigenvalue weighted by molar-refractivity contribution is 7.07. The van der Waals surface area contributed by atoms with Crippen LogP contribution in [0.2, 0.25) is 0 Å². The van der Waals surface area contributed by atoms with Gasteiger partial charge < -0.3 is 0 Å². The molecule has 8 nitrogen and oxygen atoms in total. The normalized spacial score (nSPS) is 11.0. The van der Waals surface area contributed by atoms with Crippen LogP contribution in [0.25, 0.3) is 11.0 Å². The van der Waals surface area contributed by atoms with E-state index in [2.05, 4.69) is 25.5 Å². The van der Waals surface area contributed by atoms with Crippen LogP contribution in [0.4, 0.5) is 5.69 Å². The first-order valence-corrected chi connectivity index (χ1v) is 7.06. The van der Waals surface area contributed by atoms with Crippen molar-refractivity contribution in [3.63, 3.8) is 0 Å². The number of hydrogen-bond donors (Lipinski definition) is 0. The van der Waals surface area contributed by atoms with Gasteiger partial charge in [-0.2, -0.15) is 0 Å². The van der Waals surface area contributed by atoms with E-state index in [0.717, 1.165) is 16.9 Å². The third-order valence-electron chi connectivity index (χ3n) is 3.02. The molecule has 4 rings (SSSR count). The molecule has 0 saturated heterocycles. The van der Waals surface area contributed by atoms with Crippen molar-refractivity contribution in [2.75, 3.05) is 5.01 Å². The summed E-state index contributed by atoms with van der Waals surface area (Å²) in [6, 6.07) is 5.71. The third kappa shape index (κ3) is 2.23. The second kappa shape index (κ2) is 4.94. The SMILES string of the molecule is c1nc(CN(c2ccc3nonc3c2)n2cnnc2)cs1. The van der Waals surface area contributed by atoms with Crippen LogP contribution in [-0.2, 0) is 6.54 Å². The molecule has 9 heteroatoms. The van der Waals surface area contributed by atoms with Gasteiger partial charge in [0.25, 0.3) is 0 Å². The zero-order chi connectivity index (χ0) is 14.1. The number of nitrogens with zero attached hydrogens (tertiary/aromatic N) is 7. The quantitative estimate of drug-likeness (QED) is 0.567. The minimum Gasteiger partial charge on any atom is -0.273 e. The first kappa shape index (κ1) is 12.0. The van der Waals surface area contributed by atoms with Crippen molar-refractivity contribution in [1.82, 2.24) is 30.2 Å². The Morgan fingerprint density at radius 3 is 2.81 bits per heavy atom. The smallest absolute Gasteiger partial charge is 0.139 e. The lowest BCUT2D eigenvalue weighted by atomic mass is 10.2. The maximum absolute atomic E-state index is 4.74. The summed E-state index contributed by atoms with van der Waals surface area (Å²) in [7, 11) is 0. The maximum Gasteiger partial charge on any atom is 0.139 e. The minimum atomic E-state index is 0.596. The Kier molecular flexibility index (Phi) is 2.82. The molecule has 104 valence electrons. The van der Waals surface area contributed by atoms with Gasteiger partial charge in [-0.1, -0.05) is 0 Å². The summed E-state index contributed by atoms with van der Waals surface area (Å²) in [6.07, 6.45) is 3.27. The Labute approximate surface area is 122 Å². The molecule has 0 atom stereocenters. The van der Waals surface area contributed by atoms with E-state index in [1.807, 2.05) is 34.1 Å². The molecule has 0 fully saturated rings. The van der Waals surface area contributed by atoms with Crippen molar-refractivity contribution >= 4 is 28.1 Å². The Morgan fingerprint density at radius 2 is 2.00 bits per heavy atom. The lowest BCUT2D eigenvalue weighted by Gasteiger charge is -2.23. The van der Waals surface area contributed by atoms with Crippen LogP contribution in [-0.4, -0.2) is 30.2 Å². The Bertz CT molecular complexity index is 840. The molecule has 0 radical (unpaired) electrons. The van der Waals surface area contributed by atoms with Crippen LogP contribution in [0.15, 0.2) is 46.4 Å². The van der Waals surface area contributed by atoms with Gasteiger partial charge in [-0.05, 0) is 28.5 Å². The molecule has 4 aromatic rings. The molecular formula is C12H9N7OS. The highest BCUT2D eigenvalue weighted by Crippen LogP contribution is 2.22. The van der Waals surface area contributed by atoms with E-state index in [1.165, 1.54) is 0 Å². The first-order chi connectivity index (χ1) is 10.4. The third-order valence-corrected chi connectivity index (χ3v) is 3.65. The van der Waals surface area contributed by atoms with Crippen LogP contribution in [0.5, 0.6) is 0 Å². The molecule has 0 bridgehead atoms. The topological polar surface area (TPSA) is 85.8 Å². The molecule has 1 aromatic carbocycles. The highest BCUT2D eigenvalue weighted by Gasteiger charge is 2.13. The summed E-state index contributed by atoms with van der Waals surface area (Å²) < 4.78 is 6.54. The summed E-state index contributed by atoms with van der Waals surface area (Å²) >= 11 is 1.56. The van der Waals surface area contributed by atoms with Gasteiger partial charge in [-0.3, -0.25) is 5.01 Å². The summed E-state index contributed by atoms with van der Waals surface area (Å²) in [4.78, 5) is 4.32. The van der Waals surface area contributed by atoms with Crippen molar-refractivity contribution in [3.05, 3.63) is 47.4 Å². The number of rotatable bonds is 4. The van der Waals surface area contributed by atoms with Gasteiger partial charge in [-0.25, -0.2) is 14.3 Å². The van der Waals surface area contributed by atoms with Gasteiger partial charge in [0.15, 0.2) is 0 Å². The fourth-order valence-electron chi connectivity index (χ4n) is 2.03. The molecule has 0 N–H and O–H groups in total. The van der Waals surface area contributed by atoms with Crippen molar-refractivity contribution in [2.45, 2.75) is 6.54 Å². The molecule has 0 aliphatic heterocycles. The molecule has 0 unspecified atom stereocenters. The number of anilines is 1. The second-order valence-electron chi connectivity index (χ2n) is 4.32. The minimum absolute atomic E-state index is 0.596. The van der Waals surface area contributed by atoms with Gasteiger partial charge in [0.05, 0.1) is 23.4 Å². The maximum atomic E-state index is 4.74. The highest BCUT2D eigenvalue weighted by atomic mass is 32.1. The predicted octanol–water partition coefficient (Wildman–Crippen LogP) is 1.74. The number of aromatic nitrogens is 6. The zero-order valence-electron chi connectivity index (χ0n) is 10.7. The average Bonchev–Trinajstić information content (AvgIpc) is 3.24. The summed E-state index contributed by atoms with van der Waals surface area (Å²) in [5.41, 5.74) is 5.11.